The summed E-state index contributed by atoms with van der Waals surface area (Å²) in [6.07, 6.45) is 1.83. The molecule has 2 unspecified atom stereocenters. The van der Waals surface area contributed by atoms with E-state index in [4.69, 9.17) is 9.72 Å². The summed E-state index contributed by atoms with van der Waals surface area (Å²) >= 11 is 0. The molecule has 6 heteroatoms. The minimum Gasteiger partial charge on any atom is -0.375 e. The Morgan fingerprint density at radius 1 is 1.28 bits per heavy atom. The second-order valence-electron chi connectivity index (χ2n) is 7.62. The van der Waals surface area contributed by atoms with Crippen molar-refractivity contribution in [1.29, 1.82) is 0 Å². The van der Waals surface area contributed by atoms with Crippen LogP contribution in [0.15, 0.2) is 12.3 Å². The lowest BCUT2D eigenvalue weighted by Gasteiger charge is -2.37. The highest BCUT2D eigenvalue weighted by molar-refractivity contribution is 6.05. The van der Waals surface area contributed by atoms with Crippen LogP contribution in [0.3, 0.4) is 0 Å². The molecule has 2 aromatic heterocycles. The molecule has 2 atom stereocenters. The van der Waals surface area contributed by atoms with Crippen LogP contribution in [0, 0.1) is 0 Å². The summed E-state index contributed by atoms with van der Waals surface area (Å²) in [7, 11) is 0. The van der Waals surface area contributed by atoms with E-state index in [0.717, 1.165) is 16.7 Å². The molecule has 1 saturated heterocycles. The van der Waals surface area contributed by atoms with Gasteiger partial charge in [0.1, 0.15) is 0 Å². The highest BCUT2D eigenvalue weighted by Crippen LogP contribution is 2.26. The van der Waals surface area contributed by atoms with E-state index in [0.29, 0.717) is 18.7 Å². The van der Waals surface area contributed by atoms with Crippen molar-refractivity contribution in [3.63, 3.8) is 0 Å². The van der Waals surface area contributed by atoms with Crippen LogP contribution in [0.2, 0.25) is 0 Å². The number of pyridine rings is 1. The Bertz CT molecular complexity index is 781. The second-order valence-corrected chi connectivity index (χ2v) is 7.62. The predicted molar refractivity (Wildman–Crippen MR) is 97.9 cm³/mol. The molecule has 6 nitrogen and oxygen atoms in total. The Balaban J connectivity index is 2.12. The first-order valence-electron chi connectivity index (χ1n) is 9.10. The van der Waals surface area contributed by atoms with Crippen LogP contribution in [0.4, 0.5) is 0 Å². The van der Waals surface area contributed by atoms with Gasteiger partial charge in [-0.05, 0) is 39.7 Å². The average molecular weight is 344 g/mol. The third-order valence-corrected chi connectivity index (χ3v) is 4.77. The third kappa shape index (κ3) is 3.27. The van der Waals surface area contributed by atoms with Crippen molar-refractivity contribution in [3.8, 4) is 0 Å². The summed E-state index contributed by atoms with van der Waals surface area (Å²) in [4.78, 5) is 20.0. The Kier molecular flexibility index (Phi) is 4.82. The van der Waals surface area contributed by atoms with Gasteiger partial charge in [0.05, 0.1) is 35.9 Å². The fourth-order valence-corrected chi connectivity index (χ4v) is 3.23. The van der Waals surface area contributed by atoms with Crippen LogP contribution in [-0.2, 0) is 4.74 Å². The monoisotopic (exact) mass is 344 g/mol. The maximum absolute atomic E-state index is 13.3. The van der Waals surface area contributed by atoms with E-state index in [1.165, 1.54) is 0 Å². The van der Waals surface area contributed by atoms with E-state index in [1.807, 2.05) is 29.5 Å². The first-order valence-corrected chi connectivity index (χ1v) is 9.10. The molecule has 1 aliphatic heterocycles. The number of hydrogen-bond acceptors (Lipinski definition) is 4. The maximum Gasteiger partial charge on any atom is 0.255 e. The lowest BCUT2D eigenvalue weighted by atomic mass is 10.0. The van der Waals surface area contributed by atoms with Gasteiger partial charge in [0, 0.05) is 18.3 Å². The van der Waals surface area contributed by atoms with E-state index >= 15 is 0 Å². The smallest absolute Gasteiger partial charge is 0.255 e. The molecule has 0 radical (unpaired) electrons. The third-order valence-electron chi connectivity index (χ3n) is 4.77. The number of morpholine rings is 1. The molecule has 0 N–H and O–H groups in total. The number of ether oxygens (including phenoxy) is 1. The molecule has 3 rings (SSSR count). The Morgan fingerprint density at radius 2 is 2.00 bits per heavy atom. The van der Waals surface area contributed by atoms with Crippen molar-refractivity contribution in [2.45, 2.75) is 65.6 Å². The van der Waals surface area contributed by atoms with Crippen LogP contribution in [0.5, 0.6) is 0 Å². The van der Waals surface area contributed by atoms with E-state index in [1.54, 1.807) is 6.20 Å². The SMILES string of the molecule is CC1CN(C(=O)c2cc(C(C)C)nc3c2cnn3C(C)C)C(C)CO1. The maximum atomic E-state index is 13.3. The van der Waals surface area contributed by atoms with E-state index in [9.17, 15) is 4.79 Å². The van der Waals surface area contributed by atoms with Crippen molar-refractivity contribution in [3.05, 3.63) is 23.5 Å². The quantitative estimate of drug-likeness (QED) is 0.856. The number of nitrogens with zero attached hydrogens (tertiary/aromatic N) is 4. The minimum absolute atomic E-state index is 0.0419. The molecule has 3 heterocycles. The molecular formula is C19H28N4O2. The van der Waals surface area contributed by atoms with Crippen molar-refractivity contribution in [2.75, 3.05) is 13.2 Å². The predicted octanol–water partition coefficient (Wildman–Crippen LogP) is 3.39. The Morgan fingerprint density at radius 3 is 2.64 bits per heavy atom. The molecule has 136 valence electrons. The summed E-state index contributed by atoms with van der Waals surface area (Å²) in [5.74, 6) is 0.285. The average Bonchev–Trinajstić information content (AvgIpc) is 2.99. The van der Waals surface area contributed by atoms with Crippen molar-refractivity contribution < 1.29 is 9.53 Å². The first-order chi connectivity index (χ1) is 11.8. The van der Waals surface area contributed by atoms with Gasteiger partial charge in [0.15, 0.2) is 5.65 Å². The van der Waals surface area contributed by atoms with E-state index in [-0.39, 0.29) is 30.0 Å². The minimum atomic E-state index is 0.0419. The van der Waals surface area contributed by atoms with Gasteiger partial charge in [0.25, 0.3) is 5.91 Å². The molecule has 1 fully saturated rings. The van der Waals surface area contributed by atoms with Gasteiger partial charge in [0.2, 0.25) is 0 Å². The number of rotatable bonds is 3. The zero-order valence-electron chi connectivity index (χ0n) is 16.0. The van der Waals surface area contributed by atoms with Crippen LogP contribution in [0.1, 0.15) is 69.6 Å². The lowest BCUT2D eigenvalue weighted by Crippen LogP contribution is -2.50. The molecule has 0 aliphatic carbocycles. The van der Waals surface area contributed by atoms with E-state index in [2.05, 4.69) is 32.8 Å². The molecule has 0 saturated carbocycles. The molecule has 1 amide bonds. The molecule has 0 bridgehead atoms. The number of aromatic nitrogens is 3. The van der Waals surface area contributed by atoms with E-state index < -0.39 is 0 Å². The fourth-order valence-electron chi connectivity index (χ4n) is 3.23. The van der Waals surface area contributed by atoms with Gasteiger partial charge in [-0.1, -0.05) is 13.8 Å². The fraction of sp³-hybridized carbons (Fsp3) is 0.632. The van der Waals surface area contributed by atoms with Gasteiger partial charge >= 0.3 is 0 Å². The lowest BCUT2D eigenvalue weighted by molar-refractivity contribution is -0.0386. The highest BCUT2D eigenvalue weighted by Gasteiger charge is 2.30. The molecule has 25 heavy (non-hydrogen) atoms. The molecular weight excluding hydrogens is 316 g/mol. The summed E-state index contributed by atoms with van der Waals surface area (Å²) in [6, 6.07) is 2.20. The number of amides is 1. The zero-order chi connectivity index (χ0) is 18.3. The normalized spacial score (nSPS) is 21.5. The Hall–Kier alpha value is -1.95. The van der Waals surface area contributed by atoms with Crippen molar-refractivity contribution in [2.24, 2.45) is 0 Å². The summed E-state index contributed by atoms with van der Waals surface area (Å²) in [5.41, 5.74) is 2.41. The Labute approximate surface area is 149 Å². The summed E-state index contributed by atoms with van der Waals surface area (Å²) in [5, 5.41) is 5.30. The topological polar surface area (TPSA) is 60.2 Å². The summed E-state index contributed by atoms with van der Waals surface area (Å²) < 4.78 is 7.56. The van der Waals surface area contributed by atoms with Crippen LogP contribution >= 0.6 is 0 Å². The molecule has 2 aromatic rings. The van der Waals surface area contributed by atoms with Crippen LogP contribution in [-0.4, -0.2) is 50.9 Å². The number of carbonyl (C=O) groups is 1. The largest absolute Gasteiger partial charge is 0.375 e. The number of fused-ring (bicyclic) bond motifs is 1. The molecule has 1 aliphatic rings. The highest BCUT2D eigenvalue weighted by atomic mass is 16.5. The zero-order valence-corrected chi connectivity index (χ0v) is 16.0. The van der Waals surface area contributed by atoms with Crippen molar-refractivity contribution in [1.82, 2.24) is 19.7 Å². The standard InChI is InChI=1S/C19H28N4O2/c1-11(2)17-7-15(16-8-20-23(12(3)4)18(16)21-17)19(24)22-9-14(6)25-10-13(22)5/h7-8,11-14H,9-10H2,1-6H3. The molecule has 0 spiro atoms. The number of hydrogen-bond donors (Lipinski definition) is 0. The van der Waals surface area contributed by atoms with Gasteiger partial charge in [-0.25, -0.2) is 9.67 Å². The van der Waals surface area contributed by atoms with Crippen LogP contribution in [0.25, 0.3) is 11.0 Å². The van der Waals surface area contributed by atoms with Crippen LogP contribution < -0.4 is 0 Å². The summed E-state index contributed by atoms with van der Waals surface area (Å²) in [6.45, 7) is 13.6. The van der Waals surface area contributed by atoms with Gasteiger partial charge in [-0.3, -0.25) is 4.79 Å². The number of carbonyl (C=O) groups excluding carboxylic acids is 1. The van der Waals surface area contributed by atoms with Gasteiger partial charge in [-0.15, -0.1) is 0 Å². The first kappa shape index (κ1) is 17.9. The van der Waals surface area contributed by atoms with Gasteiger partial charge < -0.3 is 9.64 Å². The van der Waals surface area contributed by atoms with Gasteiger partial charge in [-0.2, -0.15) is 5.10 Å². The van der Waals surface area contributed by atoms with Crippen molar-refractivity contribution >= 4 is 16.9 Å². The molecule has 0 aromatic carbocycles. The second kappa shape index (κ2) is 6.75.